The Labute approximate surface area is 96.0 Å². The number of hydrogen-bond acceptors (Lipinski definition) is 2. The van der Waals surface area contributed by atoms with Gasteiger partial charge in [-0.1, -0.05) is 18.6 Å². The second kappa shape index (κ2) is 4.95. The zero-order chi connectivity index (χ0) is 10.7. The van der Waals surface area contributed by atoms with Crippen molar-refractivity contribution in [3.05, 3.63) is 33.5 Å². The molecule has 1 aromatic rings. The molecule has 82 valence electrons. The predicted octanol–water partition coefficient (Wildman–Crippen LogP) is 3.81. The Balaban J connectivity index is 2.12. The van der Waals surface area contributed by atoms with E-state index in [0.717, 1.165) is 6.42 Å². The van der Waals surface area contributed by atoms with Crippen molar-refractivity contribution in [1.29, 1.82) is 0 Å². The molecule has 1 unspecified atom stereocenters. The number of nitrogens with two attached hydrogens (primary N) is 1. The first-order valence-electron chi connectivity index (χ1n) is 5.84. The van der Waals surface area contributed by atoms with Crippen LogP contribution in [0.5, 0.6) is 0 Å². The maximum Gasteiger partial charge on any atom is 0.0605 e. The topological polar surface area (TPSA) is 26.0 Å². The Hall–Kier alpha value is -0.600. The molecule has 0 aliphatic heterocycles. The molecule has 1 nitrogen and oxygen atoms in total. The van der Waals surface area contributed by atoms with Crippen molar-refractivity contribution in [2.24, 2.45) is 5.73 Å². The van der Waals surface area contributed by atoms with Gasteiger partial charge in [0.2, 0.25) is 0 Å². The van der Waals surface area contributed by atoms with E-state index in [1.54, 1.807) is 0 Å². The average molecular weight is 221 g/mol. The Morgan fingerprint density at radius 1 is 1.40 bits per heavy atom. The van der Waals surface area contributed by atoms with Crippen LogP contribution in [-0.2, 0) is 6.42 Å². The third-order valence-corrected chi connectivity index (χ3v) is 4.38. The summed E-state index contributed by atoms with van der Waals surface area (Å²) < 4.78 is 0. The van der Waals surface area contributed by atoms with E-state index in [0.29, 0.717) is 0 Å². The van der Waals surface area contributed by atoms with Gasteiger partial charge in [0, 0.05) is 9.75 Å². The normalized spacial score (nSPS) is 18.7. The molecule has 1 atom stereocenters. The summed E-state index contributed by atoms with van der Waals surface area (Å²) in [5.74, 6) is 0. The summed E-state index contributed by atoms with van der Waals surface area (Å²) in [6, 6.07) is 4.57. The van der Waals surface area contributed by atoms with Crippen molar-refractivity contribution in [3.8, 4) is 0 Å². The fraction of sp³-hybridized carbons (Fsp3) is 0.538. The molecule has 0 aromatic carbocycles. The predicted molar refractivity (Wildman–Crippen MR) is 67.2 cm³/mol. The Bertz CT molecular complexity index is 351. The zero-order valence-electron chi connectivity index (χ0n) is 9.33. The number of allylic oxidation sites excluding steroid dienone is 1. The van der Waals surface area contributed by atoms with Gasteiger partial charge in [-0.05, 0) is 44.2 Å². The van der Waals surface area contributed by atoms with Gasteiger partial charge in [0.1, 0.15) is 0 Å². The lowest BCUT2D eigenvalue weighted by Gasteiger charge is -2.18. The maximum absolute atomic E-state index is 6.28. The third-order valence-electron chi connectivity index (χ3n) is 3.06. The molecule has 0 saturated heterocycles. The lowest BCUT2D eigenvalue weighted by Crippen LogP contribution is -2.13. The molecule has 15 heavy (non-hydrogen) atoms. The lowest BCUT2D eigenvalue weighted by atomic mass is 9.94. The Kier molecular flexibility index (Phi) is 3.60. The van der Waals surface area contributed by atoms with Crippen LogP contribution in [0.4, 0.5) is 0 Å². The van der Waals surface area contributed by atoms with Gasteiger partial charge < -0.3 is 5.73 Å². The standard InChI is InChI=1S/C13H19NS/c1-2-11-8-9-12(15-11)13(14)10-6-4-3-5-7-10/h6,8-9,13H,2-5,7,14H2,1H3. The van der Waals surface area contributed by atoms with Gasteiger partial charge in [-0.3, -0.25) is 0 Å². The zero-order valence-corrected chi connectivity index (χ0v) is 10.1. The van der Waals surface area contributed by atoms with Gasteiger partial charge in [-0.15, -0.1) is 11.3 Å². The van der Waals surface area contributed by atoms with Crippen molar-refractivity contribution >= 4 is 11.3 Å². The minimum Gasteiger partial charge on any atom is -0.320 e. The first-order chi connectivity index (χ1) is 7.31. The molecule has 0 fully saturated rings. The average Bonchev–Trinajstić information content (AvgIpc) is 2.78. The number of rotatable bonds is 3. The fourth-order valence-electron chi connectivity index (χ4n) is 2.08. The third kappa shape index (κ3) is 2.50. The molecular formula is C13H19NS. The summed E-state index contributed by atoms with van der Waals surface area (Å²) in [4.78, 5) is 2.77. The summed E-state index contributed by atoms with van der Waals surface area (Å²) in [6.07, 6.45) is 8.53. The molecule has 1 aliphatic carbocycles. The van der Waals surface area contributed by atoms with Crippen molar-refractivity contribution < 1.29 is 0 Å². The Morgan fingerprint density at radius 3 is 2.87 bits per heavy atom. The maximum atomic E-state index is 6.28. The monoisotopic (exact) mass is 221 g/mol. The van der Waals surface area contributed by atoms with Crippen LogP contribution in [0, 0.1) is 0 Å². The van der Waals surface area contributed by atoms with E-state index in [9.17, 15) is 0 Å². The number of aryl methyl sites for hydroxylation is 1. The minimum atomic E-state index is 0.163. The molecule has 1 aliphatic rings. The van der Waals surface area contributed by atoms with Crippen molar-refractivity contribution in [2.45, 2.75) is 45.1 Å². The summed E-state index contributed by atoms with van der Waals surface area (Å²) in [5, 5.41) is 0. The molecular weight excluding hydrogens is 202 g/mol. The molecule has 0 saturated carbocycles. The molecule has 1 aromatic heterocycles. The van der Waals surface area contributed by atoms with E-state index < -0.39 is 0 Å². The van der Waals surface area contributed by atoms with Gasteiger partial charge in [0.15, 0.2) is 0 Å². The smallest absolute Gasteiger partial charge is 0.0605 e. The largest absolute Gasteiger partial charge is 0.320 e. The highest BCUT2D eigenvalue weighted by Crippen LogP contribution is 2.31. The van der Waals surface area contributed by atoms with Gasteiger partial charge >= 0.3 is 0 Å². The van der Waals surface area contributed by atoms with E-state index in [4.69, 9.17) is 5.73 Å². The molecule has 0 bridgehead atoms. The van der Waals surface area contributed by atoms with Crippen molar-refractivity contribution in [2.75, 3.05) is 0 Å². The van der Waals surface area contributed by atoms with E-state index in [1.165, 1.54) is 41.0 Å². The molecule has 0 spiro atoms. The summed E-state index contributed by atoms with van der Waals surface area (Å²) >= 11 is 1.87. The van der Waals surface area contributed by atoms with Crippen LogP contribution in [0.1, 0.15) is 48.4 Å². The van der Waals surface area contributed by atoms with Gasteiger partial charge in [0.25, 0.3) is 0 Å². The van der Waals surface area contributed by atoms with Crippen molar-refractivity contribution in [3.63, 3.8) is 0 Å². The van der Waals surface area contributed by atoms with E-state index in [2.05, 4.69) is 25.1 Å². The van der Waals surface area contributed by atoms with Crippen LogP contribution in [0.3, 0.4) is 0 Å². The van der Waals surface area contributed by atoms with Gasteiger partial charge in [-0.25, -0.2) is 0 Å². The summed E-state index contributed by atoms with van der Waals surface area (Å²) in [5.41, 5.74) is 7.73. The second-order valence-corrected chi connectivity index (χ2v) is 5.36. The van der Waals surface area contributed by atoms with Crippen molar-refractivity contribution in [1.82, 2.24) is 0 Å². The summed E-state index contributed by atoms with van der Waals surface area (Å²) in [6.45, 7) is 2.20. The Morgan fingerprint density at radius 2 is 2.27 bits per heavy atom. The highest BCUT2D eigenvalue weighted by molar-refractivity contribution is 7.12. The summed E-state index contributed by atoms with van der Waals surface area (Å²) in [7, 11) is 0. The van der Waals surface area contributed by atoms with Gasteiger partial charge in [-0.2, -0.15) is 0 Å². The van der Waals surface area contributed by atoms with E-state index in [1.807, 2.05) is 11.3 Å². The molecule has 1 heterocycles. The highest BCUT2D eigenvalue weighted by atomic mass is 32.1. The number of hydrogen-bond donors (Lipinski definition) is 1. The van der Waals surface area contributed by atoms with Crippen LogP contribution < -0.4 is 5.73 Å². The van der Waals surface area contributed by atoms with Crippen LogP contribution in [0.15, 0.2) is 23.8 Å². The molecule has 0 radical (unpaired) electrons. The molecule has 2 N–H and O–H groups in total. The van der Waals surface area contributed by atoms with E-state index in [-0.39, 0.29) is 6.04 Å². The number of thiophene rings is 1. The van der Waals surface area contributed by atoms with Crippen LogP contribution in [0.2, 0.25) is 0 Å². The lowest BCUT2D eigenvalue weighted by molar-refractivity contribution is 0.652. The second-order valence-electron chi connectivity index (χ2n) is 4.16. The van der Waals surface area contributed by atoms with Gasteiger partial charge in [0.05, 0.1) is 6.04 Å². The molecule has 2 heteroatoms. The minimum absolute atomic E-state index is 0.163. The first-order valence-corrected chi connectivity index (χ1v) is 6.66. The van der Waals surface area contributed by atoms with Crippen LogP contribution >= 0.6 is 11.3 Å². The highest BCUT2D eigenvalue weighted by Gasteiger charge is 2.15. The van der Waals surface area contributed by atoms with E-state index >= 15 is 0 Å². The first kappa shape index (κ1) is 10.9. The SMILES string of the molecule is CCc1ccc(C(N)C2=CCCCC2)s1. The van der Waals surface area contributed by atoms with Crippen LogP contribution in [0.25, 0.3) is 0 Å². The molecule has 0 amide bonds. The fourth-order valence-corrected chi connectivity index (χ4v) is 3.08. The molecule has 2 rings (SSSR count). The van der Waals surface area contributed by atoms with Crippen LogP contribution in [-0.4, -0.2) is 0 Å². The quantitative estimate of drug-likeness (QED) is 0.772.